The van der Waals surface area contributed by atoms with Gasteiger partial charge < -0.3 is 10.5 Å². The Morgan fingerprint density at radius 2 is 1.94 bits per heavy atom. The number of pyridine rings is 1. The zero-order chi connectivity index (χ0) is 11.4. The molecule has 0 aliphatic carbocycles. The van der Waals surface area contributed by atoms with Crippen molar-refractivity contribution in [1.29, 1.82) is 0 Å². The summed E-state index contributed by atoms with van der Waals surface area (Å²) >= 11 is 0. The van der Waals surface area contributed by atoms with Crippen molar-refractivity contribution in [1.82, 2.24) is 4.98 Å². The molecule has 0 spiro atoms. The number of hydrogen-bond acceptors (Lipinski definition) is 3. The van der Waals surface area contributed by atoms with E-state index in [0.717, 1.165) is 11.3 Å². The van der Waals surface area contributed by atoms with Gasteiger partial charge in [0.1, 0.15) is 5.75 Å². The van der Waals surface area contributed by atoms with Gasteiger partial charge in [0.25, 0.3) is 0 Å². The van der Waals surface area contributed by atoms with Crippen LogP contribution in [0.4, 0.5) is 0 Å². The van der Waals surface area contributed by atoms with E-state index < -0.39 is 0 Å². The molecule has 0 saturated carbocycles. The Balaban J connectivity index is 2.19. The Morgan fingerprint density at radius 1 is 1.19 bits per heavy atom. The molecule has 1 heterocycles. The lowest BCUT2D eigenvalue weighted by atomic mass is 10.1. The maximum absolute atomic E-state index is 5.79. The zero-order valence-electron chi connectivity index (χ0n) is 9.13. The highest BCUT2D eigenvalue weighted by molar-refractivity contribution is 5.29. The van der Waals surface area contributed by atoms with Gasteiger partial charge in [0.15, 0.2) is 0 Å². The van der Waals surface area contributed by atoms with Crippen LogP contribution in [-0.2, 0) is 0 Å². The lowest BCUT2D eigenvalue weighted by molar-refractivity contribution is 0.461. The maximum atomic E-state index is 5.79. The molecule has 0 aliphatic heterocycles. The first kappa shape index (κ1) is 10.6. The average Bonchev–Trinajstić information content (AvgIpc) is 2.30. The van der Waals surface area contributed by atoms with Crippen molar-refractivity contribution < 1.29 is 4.74 Å². The van der Waals surface area contributed by atoms with E-state index in [4.69, 9.17) is 10.5 Å². The van der Waals surface area contributed by atoms with Crippen molar-refractivity contribution in [2.45, 2.75) is 13.0 Å². The van der Waals surface area contributed by atoms with Crippen molar-refractivity contribution in [3.05, 3.63) is 54.2 Å². The molecule has 0 aliphatic rings. The molecule has 2 aromatic rings. The third-order valence-corrected chi connectivity index (χ3v) is 2.25. The van der Waals surface area contributed by atoms with Gasteiger partial charge in [-0.05, 0) is 30.7 Å². The van der Waals surface area contributed by atoms with Gasteiger partial charge in [-0.25, -0.2) is 4.98 Å². The largest absolute Gasteiger partial charge is 0.439 e. The Hall–Kier alpha value is -1.87. The fourth-order valence-electron chi connectivity index (χ4n) is 1.37. The summed E-state index contributed by atoms with van der Waals surface area (Å²) in [6.07, 6.45) is 1.71. The summed E-state index contributed by atoms with van der Waals surface area (Å²) in [5.74, 6) is 1.35. The molecule has 16 heavy (non-hydrogen) atoms. The molecule has 0 bridgehead atoms. The Morgan fingerprint density at radius 3 is 2.62 bits per heavy atom. The van der Waals surface area contributed by atoms with Crippen LogP contribution in [0.5, 0.6) is 11.6 Å². The van der Waals surface area contributed by atoms with E-state index >= 15 is 0 Å². The first-order chi connectivity index (χ1) is 7.75. The molecular weight excluding hydrogens is 200 g/mol. The lowest BCUT2D eigenvalue weighted by Gasteiger charge is -2.08. The van der Waals surface area contributed by atoms with Crippen LogP contribution in [0.25, 0.3) is 0 Å². The van der Waals surface area contributed by atoms with Gasteiger partial charge in [0, 0.05) is 18.3 Å². The molecule has 3 heteroatoms. The van der Waals surface area contributed by atoms with Crippen molar-refractivity contribution in [2.75, 3.05) is 0 Å². The van der Waals surface area contributed by atoms with E-state index in [2.05, 4.69) is 4.98 Å². The Kier molecular flexibility index (Phi) is 3.17. The fraction of sp³-hybridized carbons (Fsp3) is 0.154. The van der Waals surface area contributed by atoms with Gasteiger partial charge >= 0.3 is 0 Å². The second-order valence-electron chi connectivity index (χ2n) is 3.63. The van der Waals surface area contributed by atoms with Crippen molar-refractivity contribution in [3.8, 4) is 11.6 Å². The van der Waals surface area contributed by atoms with E-state index in [1.54, 1.807) is 6.20 Å². The van der Waals surface area contributed by atoms with Gasteiger partial charge in [-0.1, -0.05) is 18.2 Å². The quantitative estimate of drug-likeness (QED) is 0.854. The summed E-state index contributed by atoms with van der Waals surface area (Å²) in [6.45, 7) is 1.93. The number of aromatic nitrogens is 1. The van der Waals surface area contributed by atoms with Crippen LogP contribution in [0.3, 0.4) is 0 Å². The van der Waals surface area contributed by atoms with Gasteiger partial charge in [-0.3, -0.25) is 0 Å². The van der Waals surface area contributed by atoms with E-state index in [9.17, 15) is 0 Å². The zero-order valence-corrected chi connectivity index (χ0v) is 9.13. The predicted octanol–water partition coefficient (Wildman–Crippen LogP) is 2.89. The third-order valence-electron chi connectivity index (χ3n) is 2.25. The molecule has 2 rings (SSSR count). The Bertz CT molecular complexity index is 454. The van der Waals surface area contributed by atoms with Crippen LogP contribution < -0.4 is 10.5 Å². The number of rotatable bonds is 3. The van der Waals surface area contributed by atoms with Crippen molar-refractivity contribution >= 4 is 0 Å². The molecule has 0 amide bonds. The van der Waals surface area contributed by atoms with Crippen molar-refractivity contribution in [3.63, 3.8) is 0 Å². The first-order valence-corrected chi connectivity index (χ1v) is 5.20. The van der Waals surface area contributed by atoms with Crippen LogP contribution in [0.2, 0.25) is 0 Å². The van der Waals surface area contributed by atoms with Crippen LogP contribution in [0.15, 0.2) is 48.7 Å². The number of para-hydroxylation sites is 1. The maximum Gasteiger partial charge on any atom is 0.219 e. The molecule has 1 atom stereocenters. The molecule has 0 fully saturated rings. The number of ether oxygens (including phenoxy) is 1. The third kappa shape index (κ3) is 2.58. The topological polar surface area (TPSA) is 48.1 Å². The number of nitrogens with two attached hydrogens (primary N) is 1. The monoisotopic (exact) mass is 214 g/mol. The average molecular weight is 214 g/mol. The molecule has 0 saturated heterocycles. The highest BCUT2D eigenvalue weighted by Crippen LogP contribution is 2.21. The van der Waals surface area contributed by atoms with E-state index in [1.165, 1.54) is 0 Å². The standard InChI is InChI=1S/C13H14N2O/c1-10(14)11-7-8-15-13(9-11)16-12-5-3-2-4-6-12/h2-10H,14H2,1H3/t10-/m0/s1. The smallest absolute Gasteiger partial charge is 0.219 e. The Labute approximate surface area is 94.9 Å². The molecule has 82 valence electrons. The lowest BCUT2D eigenvalue weighted by Crippen LogP contribution is -2.05. The summed E-state index contributed by atoms with van der Waals surface area (Å²) in [5, 5.41) is 0. The van der Waals surface area contributed by atoms with Crippen LogP contribution in [-0.4, -0.2) is 4.98 Å². The highest BCUT2D eigenvalue weighted by atomic mass is 16.5. The normalized spacial score (nSPS) is 12.1. The van der Waals surface area contributed by atoms with Crippen molar-refractivity contribution in [2.24, 2.45) is 5.73 Å². The first-order valence-electron chi connectivity index (χ1n) is 5.20. The number of benzene rings is 1. The molecule has 3 nitrogen and oxygen atoms in total. The minimum absolute atomic E-state index is 0.0128. The minimum Gasteiger partial charge on any atom is -0.439 e. The summed E-state index contributed by atoms with van der Waals surface area (Å²) in [4.78, 5) is 4.14. The van der Waals surface area contributed by atoms with Crippen LogP contribution in [0.1, 0.15) is 18.5 Å². The number of hydrogen-bond donors (Lipinski definition) is 1. The number of nitrogens with zero attached hydrogens (tertiary/aromatic N) is 1. The highest BCUT2D eigenvalue weighted by Gasteiger charge is 2.02. The van der Waals surface area contributed by atoms with Gasteiger partial charge in [-0.15, -0.1) is 0 Å². The molecular formula is C13H14N2O. The predicted molar refractivity (Wildman–Crippen MR) is 63.4 cm³/mol. The fourth-order valence-corrected chi connectivity index (χ4v) is 1.37. The van der Waals surface area contributed by atoms with E-state index in [-0.39, 0.29) is 6.04 Å². The summed E-state index contributed by atoms with van der Waals surface area (Å²) in [5.41, 5.74) is 6.81. The van der Waals surface area contributed by atoms with Gasteiger partial charge in [-0.2, -0.15) is 0 Å². The summed E-state index contributed by atoms with van der Waals surface area (Å²) in [7, 11) is 0. The summed E-state index contributed by atoms with van der Waals surface area (Å²) in [6, 6.07) is 13.3. The summed E-state index contributed by atoms with van der Waals surface area (Å²) < 4.78 is 5.60. The molecule has 2 N–H and O–H groups in total. The SMILES string of the molecule is C[C@H](N)c1ccnc(Oc2ccccc2)c1. The van der Waals surface area contributed by atoms with Crippen LogP contribution >= 0.6 is 0 Å². The molecule has 1 aromatic carbocycles. The van der Waals surface area contributed by atoms with E-state index in [1.807, 2.05) is 49.4 Å². The molecule has 0 radical (unpaired) electrons. The molecule has 0 unspecified atom stereocenters. The van der Waals surface area contributed by atoms with E-state index in [0.29, 0.717) is 5.88 Å². The van der Waals surface area contributed by atoms with Crippen LogP contribution in [0, 0.1) is 0 Å². The molecule has 1 aromatic heterocycles. The van der Waals surface area contributed by atoms with Gasteiger partial charge in [0.2, 0.25) is 5.88 Å². The second kappa shape index (κ2) is 4.77. The van der Waals surface area contributed by atoms with Gasteiger partial charge in [0.05, 0.1) is 0 Å². The minimum atomic E-state index is -0.0128. The second-order valence-corrected chi connectivity index (χ2v) is 3.63.